The van der Waals surface area contributed by atoms with Crippen molar-refractivity contribution < 1.29 is 37.7 Å². The van der Waals surface area contributed by atoms with E-state index in [1.165, 1.54) is 0 Å². The molecule has 0 aromatic heterocycles. The van der Waals surface area contributed by atoms with Crippen LogP contribution in [0.1, 0.15) is 20.8 Å². The maximum Gasteiger partial charge on any atom is 2.00 e. The molecular formula is C8H24NbO3. The number of aliphatic hydroxyl groups is 3. The fraction of sp³-hybridized carbons (Fsp3) is 0.750. The van der Waals surface area contributed by atoms with Crippen molar-refractivity contribution in [3.63, 3.8) is 0 Å². The zero-order chi connectivity index (χ0) is 8.12. The molecule has 0 aromatic carbocycles. The monoisotopic (exact) mass is 261 g/mol. The van der Waals surface area contributed by atoms with Gasteiger partial charge in [0.25, 0.3) is 0 Å². The average Bonchev–Trinajstić information content (AvgIpc) is 1.70. The Morgan fingerprint density at radius 2 is 0.667 bits per heavy atom. The predicted octanol–water partition coefficient (Wildman–Crippen LogP) is 0.894. The van der Waals surface area contributed by atoms with Crippen LogP contribution in [-0.4, -0.2) is 35.1 Å². The Morgan fingerprint density at radius 3 is 0.667 bits per heavy atom. The second-order valence-corrected chi connectivity index (χ2v) is 0.949. The van der Waals surface area contributed by atoms with Gasteiger partial charge >= 0.3 is 22.4 Å². The van der Waals surface area contributed by atoms with E-state index in [4.69, 9.17) is 15.3 Å². The normalized spacial score (nSPS) is 4.50. The van der Waals surface area contributed by atoms with Crippen LogP contribution in [0.5, 0.6) is 0 Å². The van der Waals surface area contributed by atoms with Crippen molar-refractivity contribution in [1.82, 2.24) is 0 Å². The molecule has 4 heteroatoms. The molecule has 0 aliphatic carbocycles. The van der Waals surface area contributed by atoms with Gasteiger partial charge in [-0.3, -0.25) is 0 Å². The van der Waals surface area contributed by atoms with E-state index in [2.05, 4.69) is 0 Å². The number of aliphatic hydroxyl groups excluding tert-OH is 3. The fourth-order valence-electron chi connectivity index (χ4n) is 0. The molecule has 12 heavy (non-hydrogen) atoms. The summed E-state index contributed by atoms with van der Waals surface area (Å²) in [7, 11) is 0. The van der Waals surface area contributed by atoms with Crippen LogP contribution in [0.15, 0.2) is 0 Å². The van der Waals surface area contributed by atoms with Crippen molar-refractivity contribution in [3.05, 3.63) is 14.9 Å². The molecular weight excluding hydrogens is 237 g/mol. The summed E-state index contributed by atoms with van der Waals surface area (Å²) in [6.45, 7) is 5.79. The van der Waals surface area contributed by atoms with E-state index in [9.17, 15) is 0 Å². The molecule has 0 unspecified atom stereocenters. The number of hydrogen-bond acceptors (Lipinski definition) is 3. The molecule has 0 saturated heterocycles. The van der Waals surface area contributed by atoms with Crippen LogP contribution >= 0.6 is 0 Å². The first-order valence-electron chi connectivity index (χ1n) is 3.07. The van der Waals surface area contributed by atoms with Gasteiger partial charge in [0.05, 0.1) is 0 Å². The third-order valence-corrected chi connectivity index (χ3v) is 0. The molecule has 79 valence electrons. The van der Waals surface area contributed by atoms with Crippen molar-refractivity contribution in [2.75, 3.05) is 19.8 Å². The van der Waals surface area contributed by atoms with Crippen LogP contribution in [0.2, 0.25) is 0 Å². The minimum atomic E-state index is 0. The first-order chi connectivity index (χ1) is 4.24. The van der Waals surface area contributed by atoms with E-state index in [1.807, 2.05) is 0 Å². The van der Waals surface area contributed by atoms with Gasteiger partial charge in [0.15, 0.2) is 0 Å². The Hall–Kier alpha value is 0.620. The molecule has 0 amide bonds. The minimum absolute atomic E-state index is 0. The van der Waals surface area contributed by atoms with Crippen molar-refractivity contribution in [3.8, 4) is 0 Å². The smallest absolute Gasteiger partial charge is 0.397 e. The van der Waals surface area contributed by atoms with Crippen LogP contribution in [0, 0.1) is 14.9 Å². The molecule has 0 atom stereocenters. The van der Waals surface area contributed by atoms with Crippen LogP contribution in [0.4, 0.5) is 0 Å². The Kier molecular flexibility index (Phi) is 324. The van der Waals surface area contributed by atoms with Gasteiger partial charge in [-0.1, -0.05) is 0 Å². The molecule has 0 aliphatic rings. The maximum absolute atomic E-state index is 7.57. The molecule has 0 heterocycles. The standard InChI is InChI=1S/3C2H6O.2CH3.Nb/c3*1-2-3;;;/h3*3H,2H2,1H3;2*1H3;/q;;;2*-1;+2. The third-order valence-electron chi connectivity index (χ3n) is 0. The van der Waals surface area contributed by atoms with Gasteiger partial charge in [-0.15, -0.1) is 0 Å². The summed E-state index contributed by atoms with van der Waals surface area (Å²) in [4.78, 5) is 0. The predicted molar refractivity (Wildman–Crippen MR) is 51.1 cm³/mol. The number of hydrogen-bond donors (Lipinski definition) is 3. The largest absolute Gasteiger partial charge is 2.00 e. The second kappa shape index (κ2) is 100. The zero-order valence-corrected chi connectivity index (χ0v) is 11.1. The Morgan fingerprint density at radius 1 is 0.667 bits per heavy atom. The Bertz CT molecular complexity index is 19.0. The molecule has 0 bridgehead atoms. The third kappa shape index (κ3) is 2550. The Balaban J connectivity index is -0.00000001000. The van der Waals surface area contributed by atoms with E-state index < -0.39 is 0 Å². The van der Waals surface area contributed by atoms with Crippen molar-refractivity contribution in [1.29, 1.82) is 0 Å². The molecule has 0 rings (SSSR count). The van der Waals surface area contributed by atoms with Crippen LogP contribution in [0.3, 0.4) is 0 Å². The minimum Gasteiger partial charge on any atom is -0.397 e. The molecule has 3 nitrogen and oxygen atoms in total. The molecule has 0 aromatic rings. The number of rotatable bonds is 0. The summed E-state index contributed by atoms with van der Waals surface area (Å²) in [5.74, 6) is 0. The van der Waals surface area contributed by atoms with Crippen molar-refractivity contribution in [2.24, 2.45) is 0 Å². The summed E-state index contributed by atoms with van der Waals surface area (Å²) in [6, 6.07) is 0. The van der Waals surface area contributed by atoms with E-state index in [-0.39, 0.29) is 57.1 Å². The van der Waals surface area contributed by atoms with Crippen LogP contribution in [0.25, 0.3) is 0 Å². The summed E-state index contributed by atoms with van der Waals surface area (Å²) in [6.07, 6.45) is 0. The van der Waals surface area contributed by atoms with E-state index in [1.54, 1.807) is 20.8 Å². The summed E-state index contributed by atoms with van der Waals surface area (Å²) in [5.41, 5.74) is 0. The molecule has 0 spiro atoms. The Labute approximate surface area is 93.3 Å². The average molecular weight is 261 g/mol. The van der Waals surface area contributed by atoms with Gasteiger partial charge in [-0.2, -0.15) is 0 Å². The van der Waals surface area contributed by atoms with Gasteiger partial charge in [-0.05, 0) is 20.8 Å². The summed E-state index contributed by atoms with van der Waals surface area (Å²) in [5, 5.41) is 22.7. The SMILES string of the molecule is CCO.CCO.CCO.[CH3-].[CH3-].[Nb+2]. The van der Waals surface area contributed by atoms with Gasteiger partial charge in [0.1, 0.15) is 0 Å². The van der Waals surface area contributed by atoms with Crippen molar-refractivity contribution >= 4 is 0 Å². The first-order valence-corrected chi connectivity index (χ1v) is 3.07. The van der Waals surface area contributed by atoms with E-state index >= 15 is 0 Å². The zero-order valence-electron chi connectivity index (χ0n) is 8.91. The molecule has 3 N–H and O–H groups in total. The van der Waals surface area contributed by atoms with Crippen LogP contribution in [-0.2, 0) is 22.4 Å². The van der Waals surface area contributed by atoms with Crippen LogP contribution < -0.4 is 0 Å². The molecule has 0 saturated carbocycles. The summed E-state index contributed by atoms with van der Waals surface area (Å²) >= 11 is 0. The topological polar surface area (TPSA) is 60.7 Å². The van der Waals surface area contributed by atoms with Gasteiger partial charge < -0.3 is 30.2 Å². The summed E-state index contributed by atoms with van der Waals surface area (Å²) < 4.78 is 0. The quantitative estimate of drug-likeness (QED) is 0.448. The van der Waals surface area contributed by atoms with Gasteiger partial charge in [0, 0.05) is 19.8 Å². The van der Waals surface area contributed by atoms with E-state index in [0.29, 0.717) is 0 Å². The second-order valence-electron chi connectivity index (χ2n) is 0.949. The molecule has 0 aliphatic heterocycles. The molecule has 1 radical (unpaired) electrons. The maximum atomic E-state index is 7.57. The fourth-order valence-corrected chi connectivity index (χ4v) is 0. The van der Waals surface area contributed by atoms with Gasteiger partial charge in [0.2, 0.25) is 0 Å². The first kappa shape index (κ1) is 38.9. The van der Waals surface area contributed by atoms with Crippen molar-refractivity contribution in [2.45, 2.75) is 20.8 Å². The van der Waals surface area contributed by atoms with E-state index in [0.717, 1.165) is 0 Å². The molecule has 0 fully saturated rings. The van der Waals surface area contributed by atoms with Gasteiger partial charge in [-0.25, -0.2) is 0 Å².